The number of likely N-dealkylation sites (tertiary alicyclic amines) is 1. The lowest BCUT2D eigenvalue weighted by Crippen LogP contribution is -2.41. The Hall–Kier alpha value is -0.900. The third-order valence-electron chi connectivity index (χ3n) is 4.08. The molecule has 2 N–H and O–H groups in total. The smallest absolute Gasteiger partial charge is 0.0587 e. The molecule has 1 unspecified atom stereocenters. The van der Waals surface area contributed by atoms with E-state index in [1.54, 1.807) is 0 Å². The molecule has 0 aliphatic carbocycles. The van der Waals surface area contributed by atoms with E-state index in [4.69, 9.17) is 0 Å². The molecule has 0 saturated carbocycles. The number of nitrogens with one attached hydrogen (secondary N) is 1. The van der Waals surface area contributed by atoms with Gasteiger partial charge in [0.2, 0.25) is 0 Å². The molecule has 1 atom stereocenters. The summed E-state index contributed by atoms with van der Waals surface area (Å²) in [5, 5.41) is 13.0. The molecule has 1 heterocycles. The van der Waals surface area contributed by atoms with Crippen LogP contribution in [0.2, 0.25) is 0 Å². The Morgan fingerprint density at radius 3 is 2.58 bits per heavy atom. The number of benzene rings is 1. The van der Waals surface area contributed by atoms with E-state index in [0.29, 0.717) is 0 Å². The average Bonchev–Trinajstić information content (AvgIpc) is 2.46. The van der Waals surface area contributed by atoms with Gasteiger partial charge in [-0.25, -0.2) is 0 Å². The zero-order valence-electron chi connectivity index (χ0n) is 11.9. The van der Waals surface area contributed by atoms with E-state index in [9.17, 15) is 5.11 Å². The number of hydrogen-bond acceptors (Lipinski definition) is 3. The number of aliphatic hydroxyl groups excluding tert-OH is 1. The third kappa shape index (κ3) is 4.94. The first kappa shape index (κ1) is 14.5. The zero-order chi connectivity index (χ0) is 13.5. The Labute approximate surface area is 116 Å². The molecule has 3 nitrogen and oxygen atoms in total. The average molecular weight is 262 g/mol. The topological polar surface area (TPSA) is 35.5 Å². The monoisotopic (exact) mass is 262 g/mol. The zero-order valence-corrected chi connectivity index (χ0v) is 11.9. The van der Waals surface area contributed by atoms with Crippen molar-refractivity contribution < 1.29 is 5.11 Å². The van der Waals surface area contributed by atoms with Crippen LogP contribution >= 0.6 is 0 Å². The summed E-state index contributed by atoms with van der Waals surface area (Å²) in [4.78, 5) is 2.39. The fourth-order valence-corrected chi connectivity index (χ4v) is 2.70. The maximum absolute atomic E-state index is 9.49. The second-order valence-corrected chi connectivity index (χ2v) is 5.72. The van der Waals surface area contributed by atoms with Gasteiger partial charge in [-0.1, -0.05) is 30.3 Å². The molecule has 1 aromatic rings. The van der Waals surface area contributed by atoms with Crippen molar-refractivity contribution in [1.29, 1.82) is 0 Å². The van der Waals surface area contributed by atoms with Crippen molar-refractivity contribution in [2.75, 3.05) is 33.3 Å². The molecule has 19 heavy (non-hydrogen) atoms. The highest BCUT2D eigenvalue weighted by Gasteiger charge is 2.17. The van der Waals surface area contributed by atoms with Crippen LogP contribution in [0.5, 0.6) is 0 Å². The summed E-state index contributed by atoms with van der Waals surface area (Å²) in [6.07, 6.45) is 3.45. The fraction of sp³-hybridized carbons (Fsp3) is 0.625. The molecule has 3 heteroatoms. The van der Waals surface area contributed by atoms with E-state index < -0.39 is 0 Å². The predicted octanol–water partition coefficient (Wildman–Crippen LogP) is 1.52. The van der Waals surface area contributed by atoms with E-state index in [-0.39, 0.29) is 12.6 Å². The summed E-state index contributed by atoms with van der Waals surface area (Å²) >= 11 is 0. The molecule has 0 amide bonds. The lowest BCUT2D eigenvalue weighted by molar-refractivity contribution is 0.197. The molecule has 1 saturated heterocycles. The van der Waals surface area contributed by atoms with Crippen molar-refractivity contribution in [3.8, 4) is 0 Å². The van der Waals surface area contributed by atoms with Crippen LogP contribution in [0.1, 0.15) is 18.4 Å². The highest BCUT2D eigenvalue weighted by atomic mass is 16.3. The van der Waals surface area contributed by atoms with Crippen LogP contribution in [-0.4, -0.2) is 49.3 Å². The minimum Gasteiger partial charge on any atom is -0.395 e. The fourth-order valence-electron chi connectivity index (χ4n) is 2.70. The van der Waals surface area contributed by atoms with Crippen LogP contribution in [0, 0.1) is 5.92 Å². The van der Waals surface area contributed by atoms with Crippen molar-refractivity contribution >= 4 is 0 Å². The van der Waals surface area contributed by atoms with Gasteiger partial charge in [-0.15, -0.1) is 0 Å². The predicted molar refractivity (Wildman–Crippen MR) is 79.2 cm³/mol. The summed E-state index contributed by atoms with van der Waals surface area (Å²) in [5.74, 6) is 0.765. The molecule has 1 aliphatic heterocycles. The van der Waals surface area contributed by atoms with Crippen LogP contribution in [-0.2, 0) is 6.42 Å². The maximum Gasteiger partial charge on any atom is 0.0587 e. The Kier molecular flexibility index (Phi) is 5.83. The Balaban J connectivity index is 1.73. The normalized spacial score (nSPS) is 19.5. The molecular formula is C16H26N2O. The molecule has 106 valence electrons. The van der Waals surface area contributed by atoms with E-state index in [1.165, 1.54) is 31.5 Å². The van der Waals surface area contributed by atoms with Crippen molar-refractivity contribution in [3.05, 3.63) is 35.9 Å². The number of rotatable bonds is 6. The first-order valence-electron chi connectivity index (χ1n) is 7.34. The summed E-state index contributed by atoms with van der Waals surface area (Å²) in [5.41, 5.74) is 1.29. The maximum atomic E-state index is 9.49. The number of nitrogens with zero attached hydrogens (tertiary/aromatic N) is 1. The van der Waals surface area contributed by atoms with Gasteiger partial charge in [0.05, 0.1) is 6.61 Å². The summed E-state index contributed by atoms with van der Waals surface area (Å²) in [7, 11) is 2.19. The van der Waals surface area contributed by atoms with E-state index >= 15 is 0 Å². The van der Waals surface area contributed by atoms with E-state index in [1.807, 2.05) is 6.07 Å². The van der Waals surface area contributed by atoms with Crippen molar-refractivity contribution in [1.82, 2.24) is 10.2 Å². The summed E-state index contributed by atoms with van der Waals surface area (Å²) in [6.45, 7) is 3.65. The van der Waals surface area contributed by atoms with Crippen molar-refractivity contribution in [3.63, 3.8) is 0 Å². The largest absolute Gasteiger partial charge is 0.395 e. The molecule has 1 aliphatic rings. The van der Waals surface area contributed by atoms with Gasteiger partial charge in [0.25, 0.3) is 0 Å². The molecular weight excluding hydrogens is 236 g/mol. The van der Waals surface area contributed by atoms with Crippen LogP contribution in [0.4, 0.5) is 0 Å². The van der Waals surface area contributed by atoms with Gasteiger partial charge < -0.3 is 15.3 Å². The SMILES string of the molecule is CN1CCC(CNC(CO)Cc2ccccc2)CC1. The Morgan fingerprint density at radius 2 is 1.95 bits per heavy atom. The van der Waals surface area contributed by atoms with E-state index in [2.05, 4.69) is 41.5 Å². The third-order valence-corrected chi connectivity index (χ3v) is 4.08. The van der Waals surface area contributed by atoms with Gasteiger partial charge >= 0.3 is 0 Å². The molecule has 0 bridgehead atoms. The lowest BCUT2D eigenvalue weighted by Gasteiger charge is -2.30. The number of aliphatic hydroxyl groups is 1. The number of hydrogen-bond donors (Lipinski definition) is 2. The molecule has 2 rings (SSSR count). The molecule has 1 fully saturated rings. The quantitative estimate of drug-likeness (QED) is 0.816. The van der Waals surface area contributed by atoms with Gasteiger partial charge in [-0.3, -0.25) is 0 Å². The molecule has 0 aromatic heterocycles. The minimum absolute atomic E-state index is 0.182. The first-order chi connectivity index (χ1) is 9.28. The van der Waals surface area contributed by atoms with Gasteiger partial charge in [0.1, 0.15) is 0 Å². The highest BCUT2D eigenvalue weighted by Crippen LogP contribution is 2.15. The van der Waals surface area contributed by atoms with Gasteiger partial charge in [-0.05, 0) is 57.4 Å². The van der Waals surface area contributed by atoms with Crippen LogP contribution in [0.3, 0.4) is 0 Å². The van der Waals surface area contributed by atoms with Gasteiger partial charge in [-0.2, -0.15) is 0 Å². The summed E-state index contributed by atoms with van der Waals surface area (Å²) in [6, 6.07) is 10.6. The van der Waals surface area contributed by atoms with Crippen LogP contribution in [0.15, 0.2) is 30.3 Å². The molecule has 1 aromatic carbocycles. The second kappa shape index (κ2) is 7.63. The Morgan fingerprint density at radius 1 is 1.26 bits per heavy atom. The Bertz CT molecular complexity index is 347. The van der Waals surface area contributed by atoms with Crippen LogP contribution < -0.4 is 5.32 Å². The molecule has 0 spiro atoms. The highest BCUT2D eigenvalue weighted by molar-refractivity contribution is 5.15. The molecule has 0 radical (unpaired) electrons. The van der Waals surface area contributed by atoms with Crippen LogP contribution in [0.25, 0.3) is 0 Å². The van der Waals surface area contributed by atoms with Gasteiger partial charge in [0.15, 0.2) is 0 Å². The lowest BCUT2D eigenvalue weighted by atomic mass is 9.96. The standard InChI is InChI=1S/C16H26N2O/c1-18-9-7-15(8-10-18)12-17-16(13-19)11-14-5-3-2-4-6-14/h2-6,15-17,19H,7-13H2,1H3. The second-order valence-electron chi connectivity index (χ2n) is 5.72. The van der Waals surface area contributed by atoms with Gasteiger partial charge in [0, 0.05) is 6.04 Å². The van der Waals surface area contributed by atoms with Crippen molar-refractivity contribution in [2.45, 2.75) is 25.3 Å². The van der Waals surface area contributed by atoms with Crippen molar-refractivity contribution in [2.24, 2.45) is 5.92 Å². The number of piperidine rings is 1. The van der Waals surface area contributed by atoms with E-state index in [0.717, 1.165) is 18.9 Å². The minimum atomic E-state index is 0.182. The first-order valence-corrected chi connectivity index (χ1v) is 7.34. The summed E-state index contributed by atoms with van der Waals surface area (Å²) < 4.78 is 0.